The van der Waals surface area contributed by atoms with E-state index in [4.69, 9.17) is 18.3 Å². The molecule has 6 aromatic rings. The van der Waals surface area contributed by atoms with Crippen LogP contribution in [0.4, 0.5) is 20.3 Å². The van der Waals surface area contributed by atoms with Crippen molar-refractivity contribution in [1.29, 1.82) is 0 Å². The van der Waals surface area contributed by atoms with E-state index in [2.05, 4.69) is 36.3 Å². The van der Waals surface area contributed by atoms with E-state index in [1.54, 1.807) is 42.6 Å². The highest BCUT2D eigenvalue weighted by atomic mass is 19.3. The standard InChI is InChI=1S/C43H43F2N9O9/c44-38(45)37-30(49-40(57)31-24-62-42(50-31)28-13-14-46-35(21-28)48-22-26-3-4-26)23-53(52-37)29-8-6-27(7-9-29)39(56)47-15-17-61-19-18-60-16-1-2-25-5-10-32-34(20-25)63-43(59)54(32)33-11-12-36(55)51-41(33)58/h5-10,13-14,20-21,23-24,26,33,38H,1-4,11-12,15-19,22H2,(H,46,48)(H,47,56)(H,49,57)(H,51,55,58). The van der Waals surface area contributed by atoms with Crippen molar-refractivity contribution in [2.45, 2.75) is 51.0 Å². The second kappa shape index (κ2) is 19.3. The Morgan fingerprint density at radius 2 is 1.76 bits per heavy atom. The molecule has 4 N–H and O–H groups in total. The highest BCUT2D eigenvalue weighted by molar-refractivity contribution is 6.03. The summed E-state index contributed by atoms with van der Waals surface area (Å²) in [5.74, 6) is -1.20. The van der Waals surface area contributed by atoms with Crippen LogP contribution < -0.4 is 27.0 Å². The average molecular weight is 868 g/mol. The molecule has 20 heteroatoms. The van der Waals surface area contributed by atoms with Crippen LogP contribution in [-0.2, 0) is 25.5 Å². The summed E-state index contributed by atoms with van der Waals surface area (Å²) >= 11 is 0. The number of carbonyl (C=O) groups excluding carboxylic acids is 4. The monoisotopic (exact) mass is 867 g/mol. The van der Waals surface area contributed by atoms with Gasteiger partial charge in [0.1, 0.15) is 18.1 Å². The number of alkyl halides is 2. The number of halogens is 2. The number of amides is 4. The number of hydrogen-bond acceptors (Lipinski definition) is 13. The maximum absolute atomic E-state index is 14.0. The summed E-state index contributed by atoms with van der Waals surface area (Å²) in [4.78, 5) is 70.7. The third-order valence-electron chi connectivity index (χ3n) is 10.5. The van der Waals surface area contributed by atoms with Gasteiger partial charge in [-0.05, 0) is 92.1 Å². The number of nitrogens with zero attached hydrogens (tertiary/aromatic N) is 5. The number of pyridine rings is 1. The van der Waals surface area contributed by atoms with Crippen LogP contribution in [0, 0.1) is 5.92 Å². The number of hydrogen-bond donors (Lipinski definition) is 4. The van der Waals surface area contributed by atoms with Gasteiger partial charge >= 0.3 is 5.76 Å². The fourth-order valence-corrected chi connectivity index (χ4v) is 6.97. The largest absolute Gasteiger partial charge is 0.444 e. The van der Waals surface area contributed by atoms with Gasteiger partial charge in [-0.2, -0.15) is 5.10 Å². The van der Waals surface area contributed by atoms with Gasteiger partial charge in [-0.25, -0.2) is 28.2 Å². The second-order valence-electron chi connectivity index (χ2n) is 15.1. The first-order valence-corrected chi connectivity index (χ1v) is 20.5. The zero-order valence-corrected chi connectivity index (χ0v) is 33.8. The highest BCUT2D eigenvalue weighted by Crippen LogP contribution is 2.30. The first kappa shape index (κ1) is 42.6. The Balaban J connectivity index is 0.737. The summed E-state index contributed by atoms with van der Waals surface area (Å²) in [7, 11) is 0. The maximum atomic E-state index is 14.0. The summed E-state index contributed by atoms with van der Waals surface area (Å²) in [6, 6.07) is 14.1. The number of piperidine rings is 1. The summed E-state index contributed by atoms with van der Waals surface area (Å²) in [6.07, 6.45) is 5.11. The number of carbonyl (C=O) groups is 4. The predicted octanol–water partition coefficient (Wildman–Crippen LogP) is 5.22. The lowest BCUT2D eigenvalue weighted by molar-refractivity contribution is -0.135. The Hall–Kier alpha value is -7.06. The van der Waals surface area contributed by atoms with Gasteiger partial charge in [0, 0.05) is 43.4 Å². The molecule has 1 aliphatic carbocycles. The minimum Gasteiger partial charge on any atom is -0.444 e. The van der Waals surface area contributed by atoms with Gasteiger partial charge in [-0.1, -0.05) is 6.07 Å². The molecule has 8 rings (SSSR count). The molecule has 0 spiro atoms. The zero-order chi connectivity index (χ0) is 43.9. The lowest BCUT2D eigenvalue weighted by atomic mass is 10.1. The number of rotatable bonds is 20. The third kappa shape index (κ3) is 10.5. The molecule has 328 valence electrons. The molecular weight excluding hydrogens is 825 g/mol. The van der Waals surface area contributed by atoms with Gasteiger partial charge in [0.25, 0.3) is 18.2 Å². The predicted molar refractivity (Wildman–Crippen MR) is 222 cm³/mol. The van der Waals surface area contributed by atoms with E-state index >= 15 is 0 Å². The highest BCUT2D eigenvalue weighted by Gasteiger charge is 2.31. The van der Waals surface area contributed by atoms with E-state index in [1.165, 1.54) is 40.4 Å². The molecule has 1 unspecified atom stereocenters. The smallest absolute Gasteiger partial charge is 0.420 e. The minimum absolute atomic E-state index is 0.113. The SMILES string of the molecule is O=C1CCC(n2c(=O)oc3cc(CCCOCCOCCNC(=O)c4ccc(-n5cc(NC(=O)c6coc(-c7ccnc(NCC8CC8)c7)n6)c(C(F)F)n5)cc4)ccc32)C(=O)N1. The van der Waals surface area contributed by atoms with Crippen molar-refractivity contribution in [3.63, 3.8) is 0 Å². The number of oxazole rings is 2. The zero-order valence-electron chi connectivity index (χ0n) is 33.8. The van der Waals surface area contributed by atoms with Crippen LogP contribution in [0.1, 0.15) is 76.7 Å². The van der Waals surface area contributed by atoms with E-state index in [0.717, 1.165) is 18.4 Å². The fourth-order valence-electron chi connectivity index (χ4n) is 6.97. The molecule has 2 aliphatic rings. The van der Waals surface area contributed by atoms with Crippen molar-refractivity contribution in [2.24, 2.45) is 5.92 Å². The van der Waals surface area contributed by atoms with Crippen molar-refractivity contribution in [2.75, 3.05) is 50.2 Å². The topological polar surface area (TPSA) is 227 Å². The number of imide groups is 1. The van der Waals surface area contributed by atoms with Gasteiger partial charge in [0.05, 0.1) is 42.9 Å². The van der Waals surface area contributed by atoms with E-state index < -0.39 is 35.7 Å². The Labute approximate surface area is 357 Å². The van der Waals surface area contributed by atoms with Crippen molar-refractivity contribution >= 4 is 46.2 Å². The molecule has 1 saturated heterocycles. The van der Waals surface area contributed by atoms with Crippen molar-refractivity contribution in [1.82, 2.24) is 34.9 Å². The number of nitrogens with one attached hydrogen (secondary N) is 4. The minimum atomic E-state index is -3.00. The van der Waals surface area contributed by atoms with Gasteiger partial charge in [-0.3, -0.25) is 29.1 Å². The number of aromatic nitrogens is 5. The van der Waals surface area contributed by atoms with Crippen LogP contribution in [0.2, 0.25) is 0 Å². The molecule has 63 heavy (non-hydrogen) atoms. The van der Waals surface area contributed by atoms with Gasteiger partial charge < -0.3 is 34.3 Å². The molecule has 1 aliphatic heterocycles. The lowest BCUT2D eigenvalue weighted by Crippen LogP contribution is -2.43. The Kier molecular flexibility index (Phi) is 13.1. The number of anilines is 2. The Morgan fingerprint density at radius 1 is 0.952 bits per heavy atom. The molecule has 18 nitrogen and oxygen atoms in total. The third-order valence-corrected chi connectivity index (χ3v) is 10.5. The Morgan fingerprint density at radius 3 is 2.54 bits per heavy atom. The van der Waals surface area contributed by atoms with Crippen LogP contribution in [0.3, 0.4) is 0 Å². The summed E-state index contributed by atoms with van der Waals surface area (Å²) in [5, 5.41) is 14.7. The molecule has 1 saturated carbocycles. The van der Waals surface area contributed by atoms with Crippen LogP contribution >= 0.6 is 0 Å². The molecule has 0 radical (unpaired) electrons. The van der Waals surface area contributed by atoms with Crippen LogP contribution in [0.15, 0.2) is 86.9 Å². The molecule has 2 aromatic carbocycles. The van der Waals surface area contributed by atoms with E-state index in [9.17, 15) is 32.8 Å². The quantitative estimate of drug-likeness (QED) is 0.0571. The summed E-state index contributed by atoms with van der Waals surface area (Å²) in [5.41, 5.74) is 2.11. The molecule has 0 bridgehead atoms. The summed E-state index contributed by atoms with van der Waals surface area (Å²) in [6.45, 7) is 2.41. The molecule has 4 aromatic heterocycles. The fraction of sp³-hybridized carbons (Fsp3) is 0.349. The number of ether oxygens (including phenoxy) is 2. The molecule has 1 atom stereocenters. The Bertz CT molecular complexity index is 2670. The van der Waals surface area contributed by atoms with Crippen LogP contribution in [-0.4, -0.2) is 87.5 Å². The summed E-state index contributed by atoms with van der Waals surface area (Å²) < 4.78 is 52.7. The van der Waals surface area contributed by atoms with Crippen LogP contribution in [0.5, 0.6) is 0 Å². The normalized spacial score (nSPS) is 15.2. The lowest BCUT2D eigenvalue weighted by Gasteiger charge is -2.21. The molecular formula is C43H43F2N9O9. The number of aryl methyl sites for hydroxylation is 1. The molecule has 5 heterocycles. The van der Waals surface area contributed by atoms with Crippen LogP contribution in [0.25, 0.3) is 28.2 Å². The van der Waals surface area contributed by atoms with Gasteiger partial charge in [-0.15, -0.1) is 0 Å². The van der Waals surface area contributed by atoms with Crippen molar-refractivity contribution < 1.29 is 46.3 Å². The van der Waals surface area contributed by atoms with E-state index in [1.807, 2.05) is 6.07 Å². The first-order valence-electron chi connectivity index (χ1n) is 20.5. The second-order valence-corrected chi connectivity index (χ2v) is 15.1. The van der Waals surface area contributed by atoms with Crippen molar-refractivity contribution in [3.8, 4) is 17.1 Å². The van der Waals surface area contributed by atoms with E-state index in [-0.39, 0.29) is 55.1 Å². The van der Waals surface area contributed by atoms with Gasteiger partial charge in [0.15, 0.2) is 17.0 Å². The van der Waals surface area contributed by atoms with Gasteiger partial charge in [0.2, 0.25) is 17.7 Å². The number of benzene rings is 2. The molecule has 2 fully saturated rings. The average Bonchev–Trinajstić information content (AvgIpc) is 3.63. The van der Waals surface area contributed by atoms with Crippen molar-refractivity contribution in [3.05, 3.63) is 106 Å². The maximum Gasteiger partial charge on any atom is 0.420 e. The molecule has 4 amide bonds. The van der Waals surface area contributed by atoms with E-state index in [0.29, 0.717) is 72.3 Å². The first-order chi connectivity index (χ1) is 30.6. The number of fused-ring (bicyclic) bond motifs is 1.